The fraction of sp³-hybridized carbons (Fsp3) is 0.545. The monoisotopic (exact) mass is 465 g/mol. The number of thiocyanates is 1. The van der Waals surface area contributed by atoms with Crippen molar-refractivity contribution in [3.05, 3.63) is 29.8 Å². The molecule has 0 saturated carbocycles. The zero-order valence-corrected chi connectivity index (χ0v) is 19.4. The van der Waals surface area contributed by atoms with E-state index in [0.717, 1.165) is 22.2 Å². The quantitative estimate of drug-likeness (QED) is 0.261. The van der Waals surface area contributed by atoms with Gasteiger partial charge in [-0.25, -0.2) is 0 Å². The summed E-state index contributed by atoms with van der Waals surface area (Å²) in [6.07, 6.45) is 0.0970. The lowest BCUT2D eigenvalue weighted by Crippen LogP contribution is -2.46. The Labute approximate surface area is 192 Å². The first kappa shape index (κ1) is 27.4. The molecule has 0 aliphatic rings. The largest absolute Gasteiger partial charge is 0.481 e. The van der Waals surface area contributed by atoms with E-state index in [-0.39, 0.29) is 37.9 Å². The number of carboxylic acids is 3. The second-order valence-electron chi connectivity index (χ2n) is 8.18. The van der Waals surface area contributed by atoms with Crippen molar-refractivity contribution in [2.45, 2.75) is 37.1 Å². The van der Waals surface area contributed by atoms with E-state index < -0.39 is 23.8 Å². The van der Waals surface area contributed by atoms with Crippen LogP contribution in [0.2, 0.25) is 0 Å². The SMILES string of the molecule is CC(CN(CC(=O)O)CC(Cc1ccc(SC#N)cc1)N(C)C)C(CC(=O)O)CC(=O)O. The molecule has 0 spiro atoms. The molecule has 2 unspecified atom stereocenters. The second kappa shape index (κ2) is 13.7. The highest BCUT2D eigenvalue weighted by Gasteiger charge is 2.27. The molecule has 0 heterocycles. The molecular weight excluding hydrogens is 434 g/mol. The highest BCUT2D eigenvalue weighted by atomic mass is 32.2. The number of thioether (sulfide) groups is 1. The number of aliphatic carboxylic acids is 3. The van der Waals surface area contributed by atoms with Gasteiger partial charge in [-0.05, 0) is 61.8 Å². The molecule has 3 N–H and O–H groups in total. The van der Waals surface area contributed by atoms with Crippen molar-refractivity contribution in [3.8, 4) is 5.40 Å². The lowest BCUT2D eigenvalue weighted by atomic mass is 9.87. The van der Waals surface area contributed by atoms with E-state index in [0.29, 0.717) is 13.0 Å². The topological polar surface area (TPSA) is 142 Å². The van der Waals surface area contributed by atoms with E-state index >= 15 is 0 Å². The number of nitriles is 1. The fourth-order valence-electron chi connectivity index (χ4n) is 3.60. The second-order valence-corrected chi connectivity index (χ2v) is 9.04. The molecule has 1 aromatic carbocycles. The van der Waals surface area contributed by atoms with Gasteiger partial charge in [-0.1, -0.05) is 19.1 Å². The van der Waals surface area contributed by atoms with Crippen LogP contribution in [0, 0.1) is 22.5 Å². The predicted octanol–water partition coefficient (Wildman–Crippen LogP) is 2.32. The van der Waals surface area contributed by atoms with Gasteiger partial charge in [-0.15, -0.1) is 0 Å². The molecule has 32 heavy (non-hydrogen) atoms. The summed E-state index contributed by atoms with van der Waals surface area (Å²) in [6, 6.07) is 7.60. The van der Waals surface area contributed by atoms with E-state index in [2.05, 4.69) is 0 Å². The Balaban J connectivity index is 2.94. The lowest BCUT2D eigenvalue weighted by Gasteiger charge is -2.33. The van der Waals surface area contributed by atoms with Crippen molar-refractivity contribution in [3.63, 3.8) is 0 Å². The van der Waals surface area contributed by atoms with Crippen LogP contribution < -0.4 is 0 Å². The molecule has 0 aliphatic heterocycles. The number of rotatable bonds is 15. The minimum Gasteiger partial charge on any atom is -0.481 e. The molecule has 2 atom stereocenters. The fourth-order valence-corrected chi connectivity index (χ4v) is 3.98. The third-order valence-corrected chi connectivity index (χ3v) is 5.94. The number of hydrogen-bond acceptors (Lipinski definition) is 7. The molecule has 10 heteroatoms. The maximum atomic E-state index is 11.5. The lowest BCUT2D eigenvalue weighted by molar-refractivity contribution is -0.143. The van der Waals surface area contributed by atoms with Crippen molar-refractivity contribution in [1.29, 1.82) is 5.26 Å². The average Bonchev–Trinajstić information content (AvgIpc) is 2.67. The van der Waals surface area contributed by atoms with Crippen molar-refractivity contribution >= 4 is 29.7 Å². The summed E-state index contributed by atoms with van der Waals surface area (Å²) >= 11 is 1.08. The Morgan fingerprint density at radius 2 is 1.56 bits per heavy atom. The van der Waals surface area contributed by atoms with Crippen molar-refractivity contribution in [2.75, 3.05) is 33.7 Å². The average molecular weight is 466 g/mol. The van der Waals surface area contributed by atoms with Gasteiger partial charge in [0.25, 0.3) is 0 Å². The summed E-state index contributed by atoms with van der Waals surface area (Å²) < 4.78 is 0. The number of benzene rings is 1. The van der Waals surface area contributed by atoms with Crippen molar-refractivity contribution < 1.29 is 29.7 Å². The standard InChI is InChI=1S/C22H31N3O6S/c1-15(17(9-20(26)27)10-21(28)29)11-25(13-22(30)31)12-18(24(2)3)8-16-4-6-19(7-5-16)32-14-23/h4-7,15,17-18H,8-13H2,1-3H3,(H,26,27)(H,28,29)(H,30,31). The van der Waals surface area contributed by atoms with Gasteiger partial charge >= 0.3 is 17.9 Å². The number of nitrogens with zero attached hydrogens (tertiary/aromatic N) is 3. The van der Waals surface area contributed by atoms with E-state index in [9.17, 15) is 19.5 Å². The van der Waals surface area contributed by atoms with Crippen molar-refractivity contribution in [1.82, 2.24) is 9.80 Å². The van der Waals surface area contributed by atoms with Gasteiger partial charge in [0.2, 0.25) is 0 Å². The zero-order valence-electron chi connectivity index (χ0n) is 18.6. The Morgan fingerprint density at radius 3 is 2.00 bits per heavy atom. The van der Waals surface area contributed by atoms with E-state index in [1.165, 1.54) is 0 Å². The highest BCUT2D eigenvalue weighted by Crippen LogP contribution is 2.22. The van der Waals surface area contributed by atoms with Crippen LogP contribution in [0.1, 0.15) is 25.3 Å². The first-order chi connectivity index (χ1) is 15.0. The molecule has 0 aromatic heterocycles. The molecule has 0 saturated heterocycles. The first-order valence-electron chi connectivity index (χ1n) is 10.2. The molecule has 0 aliphatic carbocycles. The Morgan fingerprint density at radius 1 is 1.00 bits per heavy atom. The third kappa shape index (κ3) is 10.6. The minimum atomic E-state index is -1.07. The molecule has 176 valence electrons. The van der Waals surface area contributed by atoms with Gasteiger partial charge in [-0.2, -0.15) is 5.26 Å². The number of carboxylic acid groups (broad SMARTS) is 3. The van der Waals surface area contributed by atoms with Crippen LogP contribution in [-0.2, 0) is 20.8 Å². The molecule has 9 nitrogen and oxygen atoms in total. The van der Waals surface area contributed by atoms with E-state index in [1.54, 1.807) is 11.8 Å². The number of carbonyl (C=O) groups is 3. The van der Waals surface area contributed by atoms with Crippen LogP contribution in [0.5, 0.6) is 0 Å². The minimum absolute atomic E-state index is 0.0200. The summed E-state index contributed by atoms with van der Waals surface area (Å²) in [5.74, 6) is -4.05. The molecule has 0 bridgehead atoms. The van der Waals surface area contributed by atoms with E-state index in [1.807, 2.05) is 48.7 Å². The van der Waals surface area contributed by atoms with Gasteiger partial charge in [0.15, 0.2) is 0 Å². The number of likely N-dealkylation sites (N-methyl/N-ethyl adjacent to an activating group) is 1. The van der Waals surface area contributed by atoms with Gasteiger partial charge < -0.3 is 20.2 Å². The van der Waals surface area contributed by atoms with Gasteiger partial charge in [-0.3, -0.25) is 19.3 Å². The molecule has 0 fully saturated rings. The van der Waals surface area contributed by atoms with Gasteiger partial charge in [0.1, 0.15) is 5.40 Å². The van der Waals surface area contributed by atoms with Crippen LogP contribution in [0.15, 0.2) is 29.2 Å². The summed E-state index contributed by atoms with van der Waals surface area (Å²) in [7, 11) is 3.81. The normalized spacial score (nSPS) is 13.2. The van der Waals surface area contributed by atoms with Crippen LogP contribution >= 0.6 is 11.8 Å². The first-order valence-corrected chi connectivity index (χ1v) is 11.0. The smallest absolute Gasteiger partial charge is 0.317 e. The number of hydrogen-bond donors (Lipinski definition) is 3. The van der Waals surface area contributed by atoms with Crippen molar-refractivity contribution in [2.24, 2.45) is 11.8 Å². The molecular formula is C22H31N3O6S. The highest BCUT2D eigenvalue weighted by molar-refractivity contribution is 8.03. The summed E-state index contributed by atoms with van der Waals surface area (Å²) in [5, 5.41) is 38.4. The van der Waals surface area contributed by atoms with Crippen LogP contribution in [0.4, 0.5) is 0 Å². The molecule has 1 aromatic rings. The maximum Gasteiger partial charge on any atom is 0.317 e. The zero-order chi connectivity index (χ0) is 24.3. The van der Waals surface area contributed by atoms with Crippen LogP contribution in [0.3, 0.4) is 0 Å². The van der Waals surface area contributed by atoms with Crippen LogP contribution in [-0.4, -0.2) is 82.8 Å². The Bertz CT molecular complexity index is 793. The predicted molar refractivity (Wildman–Crippen MR) is 120 cm³/mol. The van der Waals surface area contributed by atoms with Gasteiger partial charge in [0, 0.05) is 36.9 Å². The van der Waals surface area contributed by atoms with Crippen LogP contribution in [0.25, 0.3) is 0 Å². The summed E-state index contributed by atoms with van der Waals surface area (Å²) in [6.45, 7) is 2.24. The maximum absolute atomic E-state index is 11.5. The molecule has 1 rings (SSSR count). The Hall–Kier alpha value is -2.61. The van der Waals surface area contributed by atoms with E-state index in [4.69, 9.17) is 15.5 Å². The Kier molecular flexibility index (Phi) is 11.8. The third-order valence-electron chi connectivity index (χ3n) is 5.34. The summed E-state index contributed by atoms with van der Waals surface area (Å²) in [4.78, 5) is 38.4. The summed E-state index contributed by atoms with van der Waals surface area (Å²) in [5.41, 5.74) is 1.05. The molecule has 0 radical (unpaired) electrons. The molecule has 0 amide bonds. The van der Waals surface area contributed by atoms with Gasteiger partial charge in [0.05, 0.1) is 6.54 Å².